The van der Waals surface area contributed by atoms with E-state index in [2.05, 4.69) is 4.74 Å². The Morgan fingerprint density at radius 1 is 1.36 bits per heavy atom. The number of esters is 1. The highest BCUT2D eigenvalue weighted by Gasteiger charge is 2.16. The molecular formula is C15H23NO5S. The fourth-order valence-electron chi connectivity index (χ4n) is 1.98. The molecule has 0 atom stereocenters. The van der Waals surface area contributed by atoms with Crippen LogP contribution in [0.3, 0.4) is 0 Å². The molecule has 0 fully saturated rings. The van der Waals surface area contributed by atoms with Crippen LogP contribution >= 0.6 is 0 Å². The van der Waals surface area contributed by atoms with Gasteiger partial charge in [-0.15, -0.1) is 0 Å². The largest absolute Gasteiger partial charge is 0.508 e. The van der Waals surface area contributed by atoms with Gasteiger partial charge in [0.2, 0.25) is 0 Å². The van der Waals surface area contributed by atoms with Crippen LogP contribution in [0.1, 0.15) is 29.8 Å². The van der Waals surface area contributed by atoms with E-state index in [1.54, 1.807) is 6.07 Å². The quantitative estimate of drug-likeness (QED) is 0.762. The summed E-state index contributed by atoms with van der Waals surface area (Å²) in [6.07, 6.45) is 1.20. The van der Waals surface area contributed by atoms with Crippen molar-refractivity contribution in [3.05, 3.63) is 29.3 Å². The Labute approximate surface area is 131 Å². The van der Waals surface area contributed by atoms with E-state index in [0.717, 1.165) is 0 Å². The number of phenolic OH excluding ortho intramolecular Hbond substituents is 1. The lowest BCUT2D eigenvalue weighted by Crippen LogP contribution is -2.34. The van der Waals surface area contributed by atoms with Gasteiger partial charge in [-0.3, -0.25) is 4.90 Å². The molecule has 0 aromatic heterocycles. The van der Waals surface area contributed by atoms with Crippen LogP contribution in [0.5, 0.6) is 5.75 Å². The summed E-state index contributed by atoms with van der Waals surface area (Å²) in [6, 6.07) is 4.59. The molecule has 0 aliphatic rings. The molecule has 1 rings (SSSR count). The van der Waals surface area contributed by atoms with Gasteiger partial charge < -0.3 is 9.84 Å². The van der Waals surface area contributed by atoms with Crippen LogP contribution in [0.2, 0.25) is 0 Å². The SMILES string of the molecule is COC(=O)c1ccc(O)c(CN(CCS(C)(=O)=O)C(C)C)c1. The van der Waals surface area contributed by atoms with Crippen LogP contribution < -0.4 is 0 Å². The van der Waals surface area contributed by atoms with Crippen LogP contribution in [0.15, 0.2) is 18.2 Å². The summed E-state index contributed by atoms with van der Waals surface area (Å²) in [5.41, 5.74) is 0.909. The Bertz CT molecular complexity index is 625. The van der Waals surface area contributed by atoms with Gasteiger partial charge >= 0.3 is 5.97 Å². The number of rotatable bonds is 7. The van der Waals surface area contributed by atoms with Gasteiger partial charge in [0.15, 0.2) is 0 Å². The third-order valence-electron chi connectivity index (χ3n) is 3.35. The summed E-state index contributed by atoms with van der Waals surface area (Å²) in [6.45, 7) is 4.61. The van der Waals surface area contributed by atoms with Crippen LogP contribution in [0.4, 0.5) is 0 Å². The van der Waals surface area contributed by atoms with E-state index in [4.69, 9.17) is 0 Å². The van der Waals surface area contributed by atoms with Crippen molar-refractivity contribution in [1.29, 1.82) is 0 Å². The molecule has 0 amide bonds. The minimum Gasteiger partial charge on any atom is -0.508 e. The zero-order chi connectivity index (χ0) is 16.9. The number of carbonyl (C=O) groups is 1. The van der Waals surface area contributed by atoms with Gasteiger partial charge in [-0.25, -0.2) is 13.2 Å². The summed E-state index contributed by atoms with van der Waals surface area (Å²) in [5, 5.41) is 9.95. The van der Waals surface area contributed by atoms with Crippen molar-refractivity contribution in [2.75, 3.05) is 25.7 Å². The molecule has 0 aliphatic heterocycles. The first-order chi connectivity index (χ1) is 10.1. The lowest BCUT2D eigenvalue weighted by molar-refractivity contribution is 0.0600. The Hall–Kier alpha value is -1.60. The molecule has 0 aliphatic carbocycles. The van der Waals surface area contributed by atoms with Crippen molar-refractivity contribution in [2.24, 2.45) is 0 Å². The molecule has 124 valence electrons. The summed E-state index contributed by atoms with van der Waals surface area (Å²) in [4.78, 5) is 13.5. The monoisotopic (exact) mass is 329 g/mol. The summed E-state index contributed by atoms with van der Waals surface area (Å²) < 4.78 is 27.3. The fraction of sp³-hybridized carbons (Fsp3) is 0.533. The van der Waals surface area contributed by atoms with E-state index in [1.807, 2.05) is 18.7 Å². The highest BCUT2D eigenvalue weighted by molar-refractivity contribution is 7.90. The predicted molar refractivity (Wildman–Crippen MR) is 84.7 cm³/mol. The van der Waals surface area contributed by atoms with Crippen molar-refractivity contribution in [1.82, 2.24) is 4.90 Å². The third-order valence-corrected chi connectivity index (χ3v) is 4.28. The van der Waals surface area contributed by atoms with Crippen molar-refractivity contribution in [2.45, 2.75) is 26.4 Å². The van der Waals surface area contributed by atoms with Crippen molar-refractivity contribution in [3.63, 3.8) is 0 Å². The number of hydrogen-bond acceptors (Lipinski definition) is 6. The topological polar surface area (TPSA) is 83.9 Å². The summed E-state index contributed by atoms with van der Waals surface area (Å²) >= 11 is 0. The molecule has 0 saturated heterocycles. The molecular weight excluding hydrogens is 306 g/mol. The average Bonchev–Trinajstić information content (AvgIpc) is 2.42. The van der Waals surface area contributed by atoms with Crippen LogP contribution in [0, 0.1) is 0 Å². The van der Waals surface area contributed by atoms with E-state index >= 15 is 0 Å². The molecule has 0 spiro atoms. The Morgan fingerprint density at radius 3 is 2.50 bits per heavy atom. The molecule has 1 N–H and O–H groups in total. The first-order valence-corrected chi connectivity index (χ1v) is 9.02. The second-order valence-electron chi connectivity index (χ2n) is 5.53. The fourth-order valence-corrected chi connectivity index (χ4v) is 2.54. The minimum atomic E-state index is -3.06. The number of phenols is 1. The standard InChI is InChI=1S/C15H23NO5S/c1-11(2)16(7-8-22(4,19)20)10-13-9-12(15(18)21-3)5-6-14(13)17/h5-6,9,11,17H,7-8,10H2,1-4H3. The molecule has 0 heterocycles. The maximum atomic E-state index is 11.6. The highest BCUT2D eigenvalue weighted by Crippen LogP contribution is 2.21. The molecule has 1 aromatic carbocycles. The predicted octanol–water partition coefficient (Wildman–Crippen LogP) is 1.43. The molecule has 1 aromatic rings. The number of methoxy groups -OCH3 is 1. The van der Waals surface area contributed by atoms with Crippen LogP contribution in [-0.4, -0.2) is 56.1 Å². The number of carbonyl (C=O) groups excluding carboxylic acids is 1. The van der Waals surface area contributed by atoms with Crippen molar-refractivity contribution >= 4 is 15.8 Å². The maximum Gasteiger partial charge on any atom is 0.337 e. The molecule has 6 nitrogen and oxygen atoms in total. The molecule has 22 heavy (non-hydrogen) atoms. The van der Waals surface area contributed by atoms with Crippen molar-refractivity contribution in [3.8, 4) is 5.75 Å². The van der Waals surface area contributed by atoms with Gasteiger partial charge in [-0.1, -0.05) is 0 Å². The van der Waals surface area contributed by atoms with Gasteiger partial charge in [0, 0.05) is 31.0 Å². The van der Waals surface area contributed by atoms with Gasteiger partial charge in [-0.05, 0) is 32.0 Å². The lowest BCUT2D eigenvalue weighted by Gasteiger charge is -2.26. The smallest absolute Gasteiger partial charge is 0.337 e. The number of aromatic hydroxyl groups is 1. The number of sulfone groups is 1. The van der Waals surface area contributed by atoms with E-state index in [1.165, 1.54) is 25.5 Å². The van der Waals surface area contributed by atoms with E-state index in [0.29, 0.717) is 24.2 Å². The zero-order valence-electron chi connectivity index (χ0n) is 13.4. The summed E-state index contributed by atoms with van der Waals surface area (Å²) in [7, 11) is -1.77. The molecule has 0 radical (unpaired) electrons. The second kappa shape index (κ2) is 7.60. The van der Waals surface area contributed by atoms with E-state index in [-0.39, 0.29) is 17.5 Å². The highest BCUT2D eigenvalue weighted by atomic mass is 32.2. The molecule has 0 saturated carbocycles. The first kappa shape index (κ1) is 18.4. The average molecular weight is 329 g/mol. The Kier molecular flexibility index (Phi) is 6.37. The molecule has 0 bridgehead atoms. The van der Waals surface area contributed by atoms with Crippen molar-refractivity contribution < 1.29 is 23.1 Å². The van der Waals surface area contributed by atoms with E-state index < -0.39 is 15.8 Å². The minimum absolute atomic E-state index is 0.0443. The third kappa shape index (κ3) is 5.65. The van der Waals surface area contributed by atoms with Gasteiger partial charge in [-0.2, -0.15) is 0 Å². The molecule has 7 heteroatoms. The number of benzene rings is 1. The van der Waals surface area contributed by atoms with Crippen LogP contribution in [-0.2, 0) is 21.1 Å². The number of ether oxygens (including phenoxy) is 1. The zero-order valence-corrected chi connectivity index (χ0v) is 14.2. The van der Waals surface area contributed by atoms with Gasteiger partial charge in [0.05, 0.1) is 18.4 Å². The normalized spacial score (nSPS) is 11.9. The Morgan fingerprint density at radius 2 is 2.00 bits per heavy atom. The Balaban J connectivity index is 2.95. The van der Waals surface area contributed by atoms with Gasteiger partial charge in [0.25, 0.3) is 0 Å². The second-order valence-corrected chi connectivity index (χ2v) is 7.79. The first-order valence-electron chi connectivity index (χ1n) is 6.96. The lowest BCUT2D eigenvalue weighted by atomic mass is 10.1. The number of nitrogens with zero attached hydrogens (tertiary/aromatic N) is 1. The van der Waals surface area contributed by atoms with Gasteiger partial charge in [0.1, 0.15) is 15.6 Å². The molecule has 0 unspecified atom stereocenters. The number of hydrogen-bond donors (Lipinski definition) is 1. The maximum absolute atomic E-state index is 11.6. The van der Waals surface area contributed by atoms with E-state index in [9.17, 15) is 18.3 Å². The van der Waals surface area contributed by atoms with Crippen LogP contribution in [0.25, 0.3) is 0 Å². The summed E-state index contributed by atoms with van der Waals surface area (Å²) in [5.74, 6) is -0.367.